The lowest BCUT2D eigenvalue weighted by molar-refractivity contribution is -0.126. The first-order chi connectivity index (χ1) is 20.6. The van der Waals surface area contributed by atoms with Crippen molar-refractivity contribution in [3.63, 3.8) is 0 Å². The molecule has 222 valence electrons. The molecule has 0 spiro atoms. The monoisotopic (exact) mass is 586 g/mol. The van der Waals surface area contributed by atoms with E-state index >= 15 is 0 Å². The van der Waals surface area contributed by atoms with E-state index in [-0.39, 0.29) is 35.0 Å². The van der Waals surface area contributed by atoms with Crippen LogP contribution in [0.25, 0.3) is 10.9 Å². The second kappa shape index (κ2) is 15.2. The highest BCUT2D eigenvalue weighted by Gasteiger charge is 2.27. The third kappa shape index (κ3) is 8.34. The molecule has 0 bridgehead atoms. The van der Waals surface area contributed by atoms with Crippen molar-refractivity contribution in [1.29, 1.82) is 0 Å². The molecule has 1 saturated carbocycles. The molecule has 0 aliphatic heterocycles. The molecule has 2 amide bonds. The first-order valence-corrected chi connectivity index (χ1v) is 16.4. The van der Waals surface area contributed by atoms with E-state index in [9.17, 15) is 14.4 Å². The number of thioether (sulfide) groups is 1. The number of allylic oxidation sites excluding steroid dienone is 1. The minimum atomic E-state index is -0.0616. The molecular formula is C34H42N4O3S. The van der Waals surface area contributed by atoms with Gasteiger partial charge in [0.1, 0.15) is 0 Å². The largest absolute Gasteiger partial charge is 0.356 e. The number of rotatable bonds is 12. The molecule has 0 radical (unpaired) electrons. The van der Waals surface area contributed by atoms with Crippen LogP contribution in [0.1, 0.15) is 63.4 Å². The molecule has 7 nitrogen and oxygen atoms in total. The Morgan fingerprint density at radius 2 is 1.67 bits per heavy atom. The van der Waals surface area contributed by atoms with Crippen LogP contribution < -0.4 is 16.2 Å². The van der Waals surface area contributed by atoms with Gasteiger partial charge in [0.2, 0.25) is 11.8 Å². The number of hydrogen-bond acceptors (Lipinski definition) is 5. The van der Waals surface area contributed by atoms with E-state index in [0.29, 0.717) is 35.7 Å². The first-order valence-electron chi connectivity index (χ1n) is 15.5. The van der Waals surface area contributed by atoms with E-state index in [1.807, 2.05) is 42.5 Å². The average Bonchev–Trinajstić information content (AvgIpc) is 3.03. The maximum absolute atomic E-state index is 13.6. The van der Waals surface area contributed by atoms with Gasteiger partial charge in [0.25, 0.3) is 5.56 Å². The number of carbonyl (C=O) groups excluding carboxylic acids is 2. The second-order valence-electron chi connectivity index (χ2n) is 11.6. The van der Waals surface area contributed by atoms with Gasteiger partial charge in [0.05, 0.1) is 16.7 Å². The summed E-state index contributed by atoms with van der Waals surface area (Å²) in [6.07, 6.45) is 12.2. The summed E-state index contributed by atoms with van der Waals surface area (Å²) >= 11 is 1.33. The van der Waals surface area contributed by atoms with Gasteiger partial charge >= 0.3 is 0 Å². The van der Waals surface area contributed by atoms with Crippen molar-refractivity contribution < 1.29 is 9.59 Å². The highest BCUT2D eigenvalue weighted by atomic mass is 32.2. The number of hydrogen-bond donors (Lipinski definition) is 2. The zero-order chi connectivity index (χ0) is 29.1. The standard InChI is InChI=1S/C34H42N4O3S/c39-31(35-21-19-25-9-3-1-4-10-25)24-42-34-37-30-14-8-7-13-29(30)33(41)38(34)23-27-15-17-28(18-16-27)32(40)36-22-20-26-11-5-2-6-12-26/h2,5-9,11-14,27-28H,1,3-4,10,15-24H2,(H,35,39)(H,36,40). The highest BCUT2D eigenvalue weighted by molar-refractivity contribution is 7.99. The molecule has 42 heavy (non-hydrogen) atoms. The van der Waals surface area contributed by atoms with Gasteiger partial charge in [-0.25, -0.2) is 4.98 Å². The van der Waals surface area contributed by atoms with Gasteiger partial charge in [-0.3, -0.25) is 19.0 Å². The SMILES string of the molecule is O=C(CSc1nc2ccccc2c(=O)n1CC1CCC(C(=O)NCCc2ccccc2)CC1)NCCC1=CCCCC1. The molecule has 0 saturated heterocycles. The lowest BCUT2D eigenvalue weighted by atomic mass is 9.81. The lowest BCUT2D eigenvalue weighted by Crippen LogP contribution is -2.35. The van der Waals surface area contributed by atoms with Crippen LogP contribution in [0.15, 0.2) is 76.2 Å². The van der Waals surface area contributed by atoms with Crippen molar-refractivity contribution in [3.8, 4) is 0 Å². The van der Waals surface area contributed by atoms with Crippen LogP contribution >= 0.6 is 11.8 Å². The van der Waals surface area contributed by atoms with Crippen molar-refractivity contribution in [2.75, 3.05) is 18.8 Å². The molecule has 1 heterocycles. The van der Waals surface area contributed by atoms with Crippen LogP contribution in [0.4, 0.5) is 0 Å². The van der Waals surface area contributed by atoms with Gasteiger partial charge in [-0.2, -0.15) is 0 Å². The van der Waals surface area contributed by atoms with Crippen molar-refractivity contribution in [1.82, 2.24) is 20.2 Å². The molecule has 1 aromatic heterocycles. The fraction of sp³-hybridized carbons (Fsp3) is 0.471. The lowest BCUT2D eigenvalue weighted by Gasteiger charge is -2.28. The maximum Gasteiger partial charge on any atom is 0.262 e. The number of amides is 2. The molecule has 1 fully saturated rings. The van der Waals surface area contributed by atoms with Crippen LogP contribution in [0.3, 0.4) is 0 Å². The van der Waals surface area contributed by atoms with Gasteiger partial charge in [-0.05, 0) is 87.8 Å². The summed E-state index contributed by atoms with van der Waals surface area (Å²) in [6, 6.07) is 17.6. The summed E-state index contributed by atoms with van der Waals surface area (Å²) in [5.74, 6) is 0.626. The van der Waals surface area contributed by atoms with E-state index in [1.165, 1.54) is 35.7 Å². The van der Waals surface area contributed by atoms with E-state index < -0.39 is 0 Å². The topological polar surface area (TPSA) is 93.1 Å². The molecular weight excluding hydrogens is 544 g/mol. The zero-order valence-corrected chi connectivity index (χ0v) is 25.2. The molecule has 2 aliphatic carbocycles. The van der Waals surface area contributed by atoms with Gasteiger partial charge in [0.15, 0.2) is 5.16 Å². The molecule has 5 rings (SSSR count). The minimum absolute atomic E-state index is 0.0189. The Bertz CT molecular complexity index is 1440. The first kappa shape index (κ1) is 30.1. The van der Waals surface area contributed by atoms with Gasteiger partial charge < -0.3 is 10.6 Å². The summed E-state index contributed by atoms with van der Waals surface area (Å²) in [5, 5.41) is 7.34. The van der Waals surface area contributed by atoms with E-state index in [0.717, 1.165) is 51.4 Å². The maximum atomic E-state index is 13.6. The number of benzene rings is 2. The van der Waals surface area contributed by atoms with Gasteiger partial charge in [-0.15, -0.1) is 0 Å². The van der Waals surface area contributed by atoms with Crippen molar-refractivity contribution in [2.45, 2.75) is 75.9 Å². The summed E-state index contributed by atoms with van der Waals surface area (Å²) in [7, 11) is 0. The Kier molecular flexibility index (Phi) is 10.9. The third-order valence-electron chi connectivity index (χ3n) is 8.53. The van der Waals surface area contributed by atoms with Crippen molar-refractivity contribution in [2.24, 2.45) is 11.8 Å². The number of nitrogens with one attached hydrogen (secondary N) is 2. The highest BCUT2D eigenvalue weighted by Crippen LogP contribution is 2.31. The predicted molar refractivity (Wildman–Crippen MR) is 170 cm³/mol. The summed E-state index contributed by atoms with van der Waals surface area (Å²) in [4.78, 5) is 43.8. The Balaban J connectivity index is 1.15. The molecule has 2 aromatic carbocycles. The molecule has 0 atom stereocenters. The summed E-state index contributed by atoms with van der Waals surface area (Å²) < 4.78 is 1.76. The number of carbonyl (C=O) groups is 2. The Hall–Kier alpha value is -3.39. The molecule has 2 aliphatic rings. The van der Waals surface area contributed by atoms with E-state index in [2.05, 4.69) is 28.8 Å². The second-order valence-corrected chi connectivity index (χ2v) is 12.5. The average molecular weight is 587 g/mol. The van der Waals surface area contributed by atoms with Gasteiger partial charge in [0, 0.05) is 25.6 Å². The van der Waals surface area contributed by atoms with E-state index in [1.54, 1.807) is 4.57 Å². The molecule has 3 aromatic rings. The van der Waals surface area contributed by atoms with Crippen LogP contribution in [-0.4, -0.2) is 40.2 Å². The quantitative estimate of drug-likeness (QED) is 0.162. The zero-order valence-electron chi connectivity index (χ0n) is 24.4. The smallest absolute Gasteiger partial charge is 0.262 e. The van der Waals surface area contributed by atoms with Gasteiger partial charge in [-0.1, -0.05) is 65.9 Å². The van der Waals surface area contributed by atoms with Crippen LogP contribution in [0.2, 0.25) is 0 Å². The number of aromatic nitrogens is 2. The fourth-order valence-corrected chi connectivity index (χ4v) is 6.92. The Labute approximate surface area is 252 Å². The van der Waals surface area contributed by atoms with Crippen LogP contribution in [-0.2, 0) is 22.6 Å². The number of nitrogens with zero attached hydrogens (tertiary/aromatic N) is 2. The number of fused-ring (bicyclic) bond motifs is 1. The minimum Gasteiger partial charge on any atom is -0.356 e. The summed E-state index contributed by atoms with van der Waals surface area (Å²) in [6.45, 7) is 1.84. The number of para-hydroxylation sites is 1. The molecule has 2 N–H and O–H groups in total. The molecule has 8 heteroatoms. The van der Waals surface area contributed by atoms with E-state index in [4.69, 9.17) is 4.98 Å². The predicted octanol–water partition coefficient (Wildman–Crippen LogP) is 5.66. The summed E-state index contributed by atoms with van der Waals surface area (Å²) in [5.41, 5.74) is 3.26. The van der Waals surface area contributed by atoms with Crippen LogP contribution in [0.5, 0.6) is 0 Å². The Morgan fingerprint density at radius 3 is 2.45 bits per heavy atom. The normalized spacial score (nSPS) is 18.8. The fourth-order valence-electron chi connectivity index (χ4n) is 6.08. The Morgan fingerprint density at radius 1 is 0.905 bits per heavy atom. The van der Waals surface area contributed by atoms with Crippen LogP contribution in [0, 0.1) is 11.8 Å². The molecule has 0 unspecified atom stereocenters. The third-order valence-corrected chi connectivity index (χ3v) is 9.50. The van der Waals surface area contributed by atoms with Crippen molar-refractivity contribution >= 4 is 34.5 Å². The van der Waals surface area contributed by atoms with Crippen molar-refractivity contribution in [3.05, 3.63) is 82.2 Å².